The van der Waals surface area contributed by atoms with E-state index < -0.39 is 0 Å². The number of nitrogens with zero attached hydrogens (tertiary/aromatic N) is 2. The largest absolute Gasteiger partial charge is 0.466 e. The normalized spacial score (nSPS) is 10.6. The average molecular weight is 298 g/mol. The van der Waals surface area contributed by atoms with Crippen molar-refractivity contribution in [3.63, 3.8) is 0 Å². The summed E-state index contributed by atoms with van der Waals surface area (Å²) in [5.74, 6) is -0.177. The van der Waals surface area contributed by atoms with E-state index in [1.807, 2.05) is 29.5 Å². The minimum Gasteiger partial charge on any atom is -0.466 e. The number of rotatable bonds is 8. The lowest BCUT2D eigenvalue weighted by atomic mass is 10.3. The highest BCUT2D eigenvalue weighted by molar-refractivity contribution is 7.09. The van der Waals surface area contributed by atoms with Crippen molar-refractivity contribution >= 4 is 23.2 Å². The van der Waals surface area contributed by atoms with Crippen LogP contribution in [-0.2, 0) is 20.9 Å². The van der Waals surface area contributed by atoms with Crippen molar-refractivity contribution in [1.82, 2.24) is 9.80 Å². The number of hydrogen-bond acceptors (Lipinski definition) is 5. The highest BCUT2D eigenvalue weighted by Crippen LogP contribution is 2.10. The van der Waals surface area contributed by atoms with Gasteiger partial charge in [0, 0.05) is 18.5 Å². The van der Waals surface area contributed by atoms with Crippen LogP contribution in [0.2, 0.25) is 0 Å². The van der Waals surface area contributed by atoms with E-state index in [0.29, 0.717) is 32.7 Å². The molecule has 0 aliphatic heterocycles. The fraction of sp³-hybridized carbons (Fsp3) is 0.571. The predicted octanol–water partition coefficient (Wildman–Crippen LogP) is 1.59. The van der Waals surface area contributed by atoms with Crippen LogP contribution in [0.15, 0.2) is 17.5 Å². The Bertz CT molecular complexity index is 420. The quantitative estimate of drug-likeness (QED) is 0.684. The van der Waals surface area contributed by atoms with Crippen LogP contribution >= 0.6 is 11.3 Å². The Balaban J connectivity index is 2.28. The van der Waals surface area contributed by atoms with Gasteiger partial charge in [-0.25, -0.2) is 0 Å². The maximum absolute atomic E-state index is 12.0. The van der Waals surface area contributed by atoms with Crippen LogP contribution in [-0.4, -0.2) is 55.5 Å². The first-order valence-corrected chi connectivity index (χ1v) is 7.51. The summed E-state index contributed by atoms with van der Waals surface area (Å²) in [6.45, 7) is 3.64. The topological polar surface area (TPSA) is 49.9 Å². The zero-order chi connectivity index (χ0) is 15.0. The van der Waals surface area contributed by atoms with Crippen LogP contribution in [0.1, 0.15) is 18.2 Å². The Kier molecular flexibility index (Phi) is 7.25. The van der Waals surface area contributed by atoms with Gasteiger partial charge in [-0.1, -0.05) is 6.07 Å². The third kappa shape index (κ3) is 6.16. The molecule has 1 aromatic heterocycles. The van der Waals surface area contributed by atoms with Gasteiger partial charge >= 0.3 is 5.97 Å². The molecule has 6 heteroatoms. The van der Waals surface area contributed by atoms with Crippen molar-refractivity contribution in [3.8, 4) is 0 Å². The molecule has 0 fully saturated rings. The molecular formula is C14H22N2O3S. The molecule has 0 aliphatic rings. The van der Waals surface area contributed by atoms with E-state index in [4.69, 9.17) is 4.74 Å². The number of thiophene rings is 1. The minimum absolute atomic E-state index is 0.0461. The Labute approximate surface area is 124 Å². The number of carbonyl (C=O) groups is 2. The molecule has 112 valence electrons. The highest BCUT2D eigenvalue weighted by Gasteiger charge is 2.13. The Morgan fingerprint density at radius 2 is 2.10 bits per heavy atom. The lowest BCUT2D eigenvalue weighted by molar-refractivity contribution is -0.144. The zero-order valence-corrected chi connectivity index (χ0v) is 13.1. The second-order valence-electron chi connectivity index (χ2n) is 4.62. The van der Waals surface area contributed by atoms with Gasteiger partial charge in [0.2, 0.25) is 5.91 Å². The standard InChI is InChI=1S/C14H22N2O3S/c1-4-19-14(18)7-8-15(2)11-13(17)16(3)10-12-6-5-9-20-12/h5-6,9H,4,7-8,10-11H2,1-3H3. The zero-order valence-electron chi connectivity index (χ0n) is 12.3. The molecule has 0 spiro atoms. The molecule has 0 radical (unpaired) electrons. The summed E-state index contributed by atoms with van der Waals surface area (Å²) < 4.78 is 4.86. The molecule has 1 heterocycles. The highest BCUT2D eigenvalue weighted by atomic mass is 32.1. The number of hydrogen-bond donors (Lipinski definition) is 0. The lowest BCUT2D eigenvalue weighted by Crippen LogP contribution is -2.37. The molecule has 1 amide bonds. The molecule has 5 nitrogen and oxygen atoms in total. The van der Waals surface area contributed by atoms with Crippen LogP contribution in [0.3, 0.4) is 0 Å². The average Bonchev–Trinajstić information content (AvgIpc) is 2.89. The van der Waals surface area contributed by atoms with Crippen molar-refractivity contribution in [3.05, 3.63) is 22.4 Å². The van der Waals surface area contributed by atoms with E-state index in [1.165, 1.54) is 0 Å². The van der Waals surface area contributed by atoms with Crippen molar-refractivity contribution < 1.29 is 14.3 Å². The number of likely N-dealkylation sites (N-methyl/N-ethyl adjacent to an activating group) is 2. The van der Waals surface area contributed by atoms with Crippen LogP contribution in [0.4, 0.5) is 0 Å². The minimum atomic E-state index is -0.223. The van der Waals surface area contributed by atoms with E-state index >= 15 is 0 Å². The van der Waals surface area contributed by atoms with Gasteiger partial charge in [-0.15, -0.1) is 11.3 Å². The predicted molar refractivity (Wildman–Crippen MR) is 79.5 cm³/mol. The number of carbonyl (C=O) groups excluding carboxylic acids is 2. The number of esters is 1. The molecule has 0 N–H and O–H groups in total. The van der Waals surface area contributed by atoms with Gasteiger partial charge in [0.25, 0.3) is 0 Å². The summed E-state index contributed by atoms with van der Waals surface area (Å²) in [5.41, 5.74) is 0. The maximum Gasteiger partial charge on any atom is 0.307 e. The number of ether oxygens (including phenoxy) is 1. The molecule has 0 unspecified atom stereocenters. The molecule has 0 atom stereocenters. The Hall–Kier alpha value is -1.40. The third-order valence-corrected chi connectivity index (χ3v) is 3.67. The lowest BCUT2D eigenvalue weighted by Gasteiger charge is -2.21. The smallest absolute Gasteiger partial charge is 0.307 e. The van der Waals surface area contributed by atoms with E-state index in [1.54, 1.807) is 30.2 Å². The van der Waals surface area contributed by atoms with E-state index in [0.717, 1.165) is 4.88 Å². The summed E-state index contributed by atoms with van der Waals surface area (Å²) in [4.78, 5) is 28.0. The fourth-order valence-corrected chi connectivity index (χ4v) is 2.43. The van der Waals surface area contributed by atoms with Gasteiger partial charge in [-0.05, 0) is 25.4 Å². The summed E-state index contributed by atoms with van der Waals surface area (Å²) in [7, 11) is 3.62. The van der Waals surface area contributed by atoms with E-state index in [-0.39, 0.29) is 11.9 Å². The van der Waals surface area contributed by atoms with Crippen LogP contribution in [0, 0.1) is 0 Å². The Morgan fingerprint density at radius 1 is 1.35 bits per heavy atom. The molecule has 0 bridgehead atoms. The van der Waals surface area contributed by atoms with Crippen molar-refractivity contribution in [2.24, 2.45) is 0 Å². The van der Waals surface area contributed by atoms with Gasteiger partial charge in [0.05, 0.1) is 26.1 Å². The molecule has 1 rings (SSSR count). The molecule has 1 aromatic rings. The summed E-state index contributed by atoms with van der Waals surface area (Å²) in [6, 6.07) is 3.99. The van der Waals surface area contributed by atoms with E-state index in [2.05, 4.69) is 0 Å². The van der Waals surface area contributed by atoms with Crippen molar-refractivity contribution in [1.29, 1.82) is 0 Å². The third-order valence-electron chi connectivity index (χ3n) is 2.81. The molecule has 0 saturated heterocycles. The second-order valence-corrected chi connectivity index (χ2v) is 5.65. The van der Waals surface area contributed by atoms with Gasteiger partial charge < -0.3 is 9.64 Å². The van der Waals surface area contributed by atoms with Crippen LogP contribution in [0.5, 0.6) is 0 Å². The fourth-order valence-electron chi connectivity index (χ4n) is 1.67. The second kappa shape index (κ2) is 8.71. The van der Waals surface area contributed by atoms with Gasteiger partial charge in [0.1, 0.15) is 0 Å². The first-order valence-electron chi connectivity index (χ1n) is 6.63. The first kappa shape index (κ1) is 16.7. The first-order chi connectivity index (χ1) is 9.52. The molecule has 0 aromatic carbocycles. The van der Waals surface area contributed by atoms with E-state index in [9.17, 15) is 9.59 Å². The van der Waals surface area contributed by atoms with Crippen molar-refractivity contribution in [2.45, 2.75) is 19.9 Å². The van der Waals surface area contributed by atoms with Crippen molar-refractivity contribution in [2.75, 3.05) is 33.8 Å². The van der Waals surface area contributed by atoms with Crippen LogP contribution in [0.25, 0.3) is 0 Å². The van der Waals surface area contributed by atoms with Crippen LogP contribution < -0.4 is 0 Å². The molecule has 0 saturated carbocycles. The van der Waals surface area contributed by atoms with Gasteiger partial charge in [0.15, 0.2) is 0 Å². The maximum atomic E-state index is 12.0. The van der Waals surface area contributed by atoms with Gasteiger partial charge in [-0.2, -0.15) is 0 Å². The molecular weight excluding hydrogens is 276 g/mol. The monoisotopic (exact) mass is 298 g/mol. The number of amides is 1. The molecule has 20 heavy (non-hydrogen) atoms. The Morgan fingerprint density at radius 3 is 2.70 bits per heavy atom. The molecule has 0 aliphatic carbocycles. The summed E-state index contributed by atoms with van der Waals surface area (Å²) in [5, 5.41) is 2.00. The summed E-state index contributed by atoms with van der Waals surface area (Å²) in [6.07, 6.45) is 0.312. The van der Waals surface area contributed by atoms with Gasteiger partial charge in [-0.3, -0.25) is 14.5 Å². The summed E-state index contributed by atoms with van der Waals surface area (Å²) >= 11 is 1.64. The SMILES string of the molecule is CCOC(=O)CCN(C)CC(=O)N(C)Cc1cccs1.